The van der Waals surface area contributed by atoms with Crippen LogP contribution in [0.25, 0.3) is 0 Å². The molecule has 0 bridgehead atoms. The van der Waals surface area contributed by atoms with Gasteiger partial charge in [0.25, 0.3) is 0 Å². The summed E-state index contributed by atoms with van der Waals surface area (Å²) in [5.74, 6) is -0.443. The molecule has 16 heavy (non-hydrogen) atoms. The molecule has 0 aliphatic carbocycles. The molecule has 0 saturated carbocycles. The van der Waals surface area contributed by atoms with Gasteiger partial charge in [0.05, 0.1) is 19.1 Å². The Kier molecular flexibility index (Phi) is 7.49. The van der Waals surface area contributed by atoms with Crippen molar-refractivity contribution in [1.82, 2.24) is 10.6 Å². The first-order valence-corrected chi connectivity index (χ1v) is 5.28. The van der Waals surface area contributed by atoms with Gasteiger partial charge in [-0.1, -0.05) is 0 Å². The summed E-state index contributed by atoms with van der Waals surface area (Å²) in [5.41, 5.74) is 5.37. The highest BCUT2D eigenvalue weighted by molar-refractivity contribution is 5.84. The van der Waals surface area contributed by atoms with Crippen LogP contribution in [0.15, 0.2) is 0 Å². The monoisotopic (exact) mass is 231 g/mol. The predicted molar refractivity (Wildman–Crippen MR) is 60.8 cm³/mol. The van der Waals surface area contributed by atoms with Gasteiger partial charge in [-0.15, -0.1) is 0 Å². The molecule has 0 aliphatic heterocycles. The summed E-state index contributed by atoms with van der Waals surface area (Å²) < 4.78 is 4.96. The minimum atomic E-state index is -0.298. The third-order valence-corrected chi connectivity index (χ3v) is 1.91. The van der Waals surface area contributed by atoms with E-state index in [1.807, 2.05) is 13.8 Å². The summed E-state index contributed by atoms with van der Waals surface area (Å²) in [6, 6.07) is 0.0696. The molecule has 4 N–H and O–H groups in total. The second-order valence-corrected chi connectivity index (χ2v) is 3.80. The van der Waals surface area contributed by atoms with Crippen molar-refractivity contribution >= 4 is 11.8 Å². The van der Waals surface area contributed by atoms with Crippen molar-refractivity contribution in [2.75, 3.05) is 20.2 Å². The first-order valence-electron chi connectivity index (χ1n) is 5.28. The minimum absolute atomic E-state index is 0.0159. The van der Waals surface area contributed by atoms with Crippen molar-refractivity contribution in [2.24, 2.45) is 5.73 Å². The summed E-state index contributed by atoms with van der Waals surface area (Å²) in [6.45, 7) is 3.98. The second-order valence-electron chi connectivity index (χ2n) is 3.80. The smallest absolute Gasteiger partial charge is 0.239 e. The number of ether oxygens (including phenoxy) is 1. The molecule has 0 aromatic carbocycles. The van der Waals surface area contributed by atoms with E-state index in [1.165, 1.54) is 7.11 Å². The van der Waals surface area contributed by atoms with Crippen molar-refractivity contribution in [2.45, 2.75) is 32.4 Å². The molecule has 0 fully saturated rings. The molecule has 6 nitrogen and oxygen atoms in total. The standard InChI is InChI=1S/C10H21N3O3/c1-7(2)13-10(15)6-12-9(14)4-8(5-11)16-3/h7-8H,4-6,11H2,1-3H3,(H,12,14)(H,13,15). The Morgan fingerprint density at radius 1 is 1.31 bits per heavy atom. The van der Waals surface area contributed by atoms with Crippen LogP contribution in [0.5, 0.6) is 0 Å². The van der Waals surface area contributed by atoms with E-state index >= 15 is 0 Å². The van der Waals surface area contributed by atoms with Crippen LogP contribution in [0, 0.1) is 0 Å². The SMILES string of the molecule is COC(CN)CC(=O)NCC(=O)NC(C)C. The predicted octanol–water partition coefficient (Wildman–Crippen LogP) is -1.01. The molecule has 1 atom stereocenters. The van der Waals surface area contributed by atoms with Crippen LogP contribution in [0.2, 0.25) is 0 Å². The lowest BCUT2D eigenvalue weighted by Crippen LogP contribution is -2.41. The number of hydrogen-bond donors (Lipinski definition) is 3. The van der Waals surface area contributed by atoms with Crippen LogP contribution in [0.4, 0.5) is 0 Å². The zero-order valence-electron chi connectivity index (χ0n) is 10.1. The molecule has 6 heteroatoms. The number of amides is 2. The first kappa shape index (κ1) is 14.9. The van der Waals surface area contributed by atoms with Crippen LogP contribution in [0.3, 0.4) is 0 Å². The van der Waals surface area contributed by atoms with Gasteiger partial charge in [-0.3, -0.25) is 9.59 Å². The van der Waals surface area contributed by atoms with E-state index in [0.717, 1.165) is 0 Å². The maximum atomic E-state index is 11.3. The van der Waals surface area contributed by atoms with Gasteiger partial charge >= 0.3 is 0 Å². The molecular formula is C10H21N3O3. The Labute approximate surface area is 95.9 Å². The van der Waals surface area contributed by atoms with Crippen LogP contribution >= 0.6 is 0 Å². The highest BCUT2D eigenvalue weighted by Crippen LogP contribution is 1.93. The number of methoxy groups -OCH3 is 1. The van der Waals surface area contributed by atoms with E-state index in [9.17, 15) is 9.59 Å². The van der Waals surface area contributed by atoms with E-state index in [0.29, 0.717) is 0 Å². The van der Waals surface area contributed by atoms with Gasteiger partial charge in [-0.2, -0.15) is 0 Å². The maximum absolute atomic E-state index is 11.3. The topological polar surface area (TPSA) is 93.4 Å². The van der Waals surface area contributed by atoms with E-state index in [2.05, 4.69) is 10.6 Å². The molecule has 0 radical (unpaired) electrons. The summed E-state index contributed by atoms with van der Waals surface area (Å²) in [5, 5.41) is 5.17. The molecule has 2 amide bonds. The molecule has 0 aromatic rings. The fraction of sp³-hybridized carbons (Fsp3) is 0.800. The molecule has 0 spiro atoms. The van der Waals surface area contributed by atoms with Crippen molar-refractivity contribution in [1.29, 1.82) is 0 Å². The van der Waals surface area contributed by atoms with Gasteiger partial charge in [-0.05, 0) is 13.8 Å². The summed E-state index contributed by atoms with van der Waals surface area (Å²) in [7, 11) is 1.50. The van der Waals surface area contributed by atoms with Gasteiger partial charge < -0.3 is 21.1 Å². The van der Waals surface area contributed by atoms with Crippen molar-refractivity contribution in [3.63, 3.8) is 0 Å². The van der Waals surface area contributed by atoms with E-state index in [-0.39, 0.29) is 43.5 Å². The first-order chi connectivity index (χ1) is 7.49. The van der Waals surface area contributed by atoms with Gasteiger partial charge in [0, 0.05) is 19.7 Å². The van der Waals surface area contributed by atoms with Gasteiger partial charge in [0.15, 0.2) is 0 Å². The third kappa shape index (κ3) is 7.19. The highest BCUT2D eigenvalue weighted by Gasteiger charge is 2.12. The summed E-state index contributed by atoms with van der Waals surface area (Å²) in [6.07, 6.45) is -0.129. The van der Waals surface area contributed by atoms with Crippen molar-refractivity contribution in [3.05, 3.63) is 0 Å². The fourth-order valence-corrected chi connectivity index (χ4v) is 1.09. The van der Waals surface area contributed by atoms with Gasteiger partial charge in [-0.25, -0.2) is 0 Å². The average molecular weight is 231 g/mol. The molecule has 0 aliphatic rings. The number of nitrogens with one attached hydrogen (secondary N) is 2. The maximum Gasteiger partial charge on any atom is 0.239 e. The number of carbonyl (C=O) groups excluding carboxylic acids is 2. The fourth-order valence-electron chi connectivity index (χ4n) is 1.09. The summed E-state index contributed by atoms with van der Waals surface area (Å²) >= 11 is 0. The van der Waals surface area contributed by atoms with Crippen LogP contribution < -0.4 is 16.4 Å². The lowest BCUT2D eigenvalue weighted by molar-refractivity contribution is -0.127. The number of nitrogens with two attached hydrogens (primary N) is 1. The Bertz CT molecular complexity index is 227. The third-order valence-electron chi connectivity index (χ3n) is 1.91. The van der Waals surface area contributed by atoms with Gasteiger partial charge in [0.1, 0.15) is 0 Å². The van der Waals surface area contributed by atoms with Crippen molar-refractivity contribution < 1.29 is 14.3 Å². The van der Waals surface area contributed by atoms with Crippen LogP contribution in [0.1, 0.15) is 20.3 Å². The number of hydrogen-bond acceptors (Lipinski definition) is 4. The molecule has 94 valence electrons. The normalized spacial score (nSPS) is 12.3. The van der Waals surface area contributed by atoms with Crippen molar-refractivity contribution in [3.8, 4) is 0 Å². The Morgan fingerprint density at radius 3 is 2.38 bits per heavy atom. The average Bonchev–Trinajstić information content (AvgIpc) is 2.22. The van der Waals surface area contributed by atoms with E-state index in [1.54, 1.807) is 0 Å². The van der Waals surface area contributed by atoms with Crippen LogP contribution in [-0.2, 0) is 14.3 Å². The lowest BCUT2D eigenvalue weighted by Gasteiger charge is -2.13. The zero-order valence-corrected chi connectivity index (χ0v) is 10.1. The molecule has 0 heterocycles. The Hall–Kier alpha value is -1.14. The molecule has 0 rings (SSSR count). The lowest BCUT2D eigenvalue weighted by atomic mass is 10.2. The summed E-state index contributed by atoms with van der Waals surface area (Å²) in [4.78, 5) is 22.5. The van der Waals surface area contributed by atoms with E-state index in [4.69, 9.17) is 10.5 Å². The Balaban J connectivity index is 3.76. The minimum Gasteiger partial charge on any atom is -0.380 e. The molecule has 0 saturated heterocycles. The molecule has 0 aromatic heterocycles. The highest BCUT2D eigenvalue weighted by atomic mass is 16.5. The van der Waals surface area contributed by atoms with E-state index < -0.39 is 0 Å². The zero-order chi connectivity index (χ0) is 12.6. The molecule has 1 unspecified atom stereocenters. The number of carbonyl (C=O) groups is 2. The molecular weight excluding hydrogens is 210 g/mol. The largest absolute Gasteiger partial charge is 0.380 e. The second kappa shape index (κ2) is 8.06. The quantitative estimate of drug-likeness (QED) is 0.523. The number of rotatable bonds is 7. The van der Waals surface area contributed by atoms with Crippen LogP contribution in [-0.4, -0.2) is 44.2 Å². The Morgan fingerprint density at radius 2 is 1.94 bits per heavy atom. The van der Waals surface area contributed by atoms with Gasteiger partial charge in [0.2, 0.25) is 11.8 Å².